The third-order valence-corrected chi connectivity index (χ3v) is 5.50. The van der Waals surface area contributed by atoms with E-state index in [0.717, 1.165) is 5.56 Å². The molecule has 32 heavy (non-hydrogen) atoms. The molecule has 0 aliphatic carbocycles. The molecule has 0 unspecified atom stereocenters. The molecule has 7 N–H and O–H groups in total. The minimum atomic E-state index is -1.63. The van der Waals surface area contributed by atoms with Crippen LogP contribution in [0.3, 0.4) is 0 Å². The molecule has 2 aliphatic heterocycles. The summed E-state index contributed by atoms with van der Waals surface area (Å²) in [7, 11) is 0. The average molecular weight is 458 g/mol. The Balaban J connectivity index is 1.62. The molecular formula is C21H30O11. The van der Waals surface area contributed by atoms with Crippen molar-refractivity contribution in [2.45, 2.75) is 67.8 Å². The van der Waals surface area contributed by atoms with Gasteiger partial charge in [-0.1, -0.05) is 18.2 Å². The second-order valence-corrected chi connectivity index (χ2v) is 7.80. The largest absolute Gasteiger partial charge is 0.462 e. The summed E-state index contributed by atoms with van der Waals surface area (Å²) in [6, 6.07) is 6.92. The van der Waals surface area contributed by atoms with Gasteiger partial charge in [0, 0.05) is 0 Å². The number of benzene rings is 1. The molecule has 2 heterocycles. The highest BCUT2D eigenvalue weighted by Crippen LogP contribution is 2.27. The number of aliphatic hydroxyl groups excluding tert-OH is 7. The lowest BCUT2D eigenvalue weighted by molar-refractivity contribution is -0.323. The molecule has 2 saturated heterocycles. The molecule has 180 valence electrons. The Bertz CT molecular complexity index is 727. The van der Waals surface area contributed by atoms with E-state index < -0.39 is 74.6 Å². The van der Waals surface area contributed by atoms with Gasteiger partial charge in [0.1, 0.15) is 54.6 Å². The van der Waals surface area contributed by atoms with Crippen molar-refractivity contribution in [3.63, 3.8) is 0 Å². The van der Waals surface area contributed by atoms with Gasteiger partial charge in [-0.2, -0.15) is 0 Å². The highest BCUT2D eigenvalue weighted by Gasteiger charge is 2.47. The predicted octanol–water partition coefficient (Wildman–Crippen LogP) is -2.58. The topological polar surface area (TPSA) is 179 Å². The summed E-state index contributed by atoms with van der Waals surface area (Å²) in [4.78, 5) is 0. The summed E-state index contributed by atoms with van der Waals surface area (Å²) in [5.41, 5.74) is 0.999. The summed E-state index contributed by atoms with van der Waals surface area (Å²) in [6.45, 7) is 2.62. The van der Waals surface area contributed by atoms with E-state index in [2.05, 4.69) is 6.58 Å². The van der Waals surface area contributed by atoms with Crippen molar-refractivity contribution in [3.8, 4) is 5.75 Å². The lowest BCUT2D eigenvalue weighted by atomic mass is 9.98. The molecule has 0 radical (unpaired) electrons. The molecule has 0 aromatic heterocycles. The maximum Gasteiger partial charge on any atom is 0.229 e. The Morgan fingerprint density at radius 3 is 1.94 bits per heavy atom. The zero-order chi connectivity index (χ0) is 23.4. The van der Waals surface area contributed by atoms with Crippen LogP contribution < -0.4 is 4.74 Å². The number of hydrogen-bond acceptors (Lipinski definition) is 11. The monoisotopic (exact) mass is 458 g/mol. The molecule has 11 heteroatoms. The Kier molecular flexibility index (Phi) is 8.58. The van der Waals surface area contributed by atoms with Crippen molar-refractivity contribution in [2.75, 3.05) is 13.2 Å². The summed E-state index contributed by atoms with van der Waals surface area (Å²) in [5.74, 6) is 0.360. The predicted molar refractivity (Wildman–Crippen MR) is 107 cm³/mol. The van der Waals surface area contributed by atoms with Crippen LogP contribution >= 0.6 is 0 Å². The molecule has 10 atom stereocenters. The molecular weight excluding hydrogens is 428 g/mol. The second-order valence-electron chi connectivity index (χ2n) is 7.80. The first kappa shape index (κ1) is 25.0. The number of hydrogen-bond donors (Lipinski definition) is 7. The number of allylic oxidation sites excluding steroid dienone is 1. The highest BCUT2D eigenvalue weighted by molar-refractivity contribution is 5.28. The molecule has 1 aromatic carbocycles. The van der Waals surface area contributed by atoms with Crippen LogP contribution in [0.5, 0.6) is 5.75 Å². The quantitative estimate of drug-likeness (QED) is 0.203. The first-order valence-corrected chi connectivity index (χ1v) is 10.2. The van der Waals surface area contributed by atoms with Crippen LogP contribution in [0.4, 0.5) is 0 Å². The van der Waals surface area contributed by atoms with Gasteiger partial charge in [-0.15, -0.1) is 6.58 Å². The number of ether oxygens (including phenoxy) is 4. The summed E-state index contributed by atoms with van der Waals surface area (Å²) in [5, 5.41) is 69.7. The fourth-order valence-corrected chi connectivity index (χ4v) is 3.55. The van der Waals surface area contributed by atoms with Crippen LogP contribution in [0.15, 0.2) is 36.9 Å². The first-order chi connectivity index (χ1) is 15.3. The first-order valence-electron chi connectivity index (χ1n) is 10.2. The third-order valence-electron chi connectivity index (χ3n) is 5.50. The van der Waals surface area contributed by atoms with Gasteiger partial charge in [0.25, 0.3) is 0 Å². The van der Waals surface area contributed by atoms with Gasteiger partial charge in [-0.25, -0.2) is 0 Å². The van der Waals surface area contributed by atoms with Gasteiger partial charge in [-0.05, 0) is 24.1 Å². The lowest BCUT2D eigenvalue weighted by Gasteiger charge is -2.42. The summed E-state index contributed by atoms with van der Waals surface area (Å²) in [6.07, 6.45) is -12.2. The van der Waals surface area contributed by atoms with E-state index in [4.69, 9.17) is 18.9 Å². The van der Waals surface area contributed by atoms with Crippen molar-refractivity contribution < 1.29 is 54.7 Å². The van der Waals surface area contributed by atoms with E-state index in [0.29, 0.717) is 12.2 Å². The zero-order valence-corrected chi connectivity index (χ0v) is 17.3. The van der Waals surface area contributed by atoms with Gasteiger partial charge in [-0.3, -0.25) is 0 Å². The smallest absolute Gasteiger partial charge is 0.229 e. The molecule has 1 aromatic rings. The highest BCUT2D eigenvalue weighted by atomic mass is 16.7. The molecule has 2 aliphatic rings. The molecule has 0 bridgehead atoms. The second kappa shape index (κ2) is 11.0. The van der Waals surface area contributed by atoms with Gasteiger partial charge in [0.2, 0.25) is 6.29 Å². The van der Waals surface area contributed by atoms with Crippen molar-refractivity contribution in [1.82, 2.24) is 0 Å². The van der Waals surface area contributed by atoms with Crippen LogP contribution in [-0.2, 0) is 20.6 Å². The fourth-order valence-electron chi connectivity index (χ4n) is 3.55. The molecule has 2 fully saturated rings. The minimum absolute atomic E-state index is 0.360. The van der Waals surface area contributed by atoms with E-state index >= 15 is 0 Å². The third kappa shape index (κ3) is 5.46. The zero-order valence-electron chi connectivity index (χ0n) is 17.3. The Labute approximate surface area is 184 Å². The fraction of sp³-hybridized carbons (Fsp3) is 0.619. The molecule has 11 nitrogen and oxygen atoms in total. The standard InChI is InChI=1S/C21H30O11/c1-2-3-10-4-6-11(7-5-10)30-21-19(28)17(26)15(24)13(32-21)9-29-20-18(27)16(25)14(23)12(8-22)31-20/h2,4-7,12-28H,1,3,8-9H2/t12-,13-,14+,15+,16+,17+,18+,19+,20+,21+/m0/s1. The Hall–Kier alpha value is -1.64. The van der Waals surface area contributed by atoms with E-state index in [1.54, 1.807) is 30.3 Å². The van der Waals surface area contributed by atoms with Gasteiger partial charge < -0.3 is 54.7 Å². The molecule has 0 saturated carbocycles. The number of aliphatic hydroxyl groups is 7. The van der Waals surface area contributed by atoms with Gasteiger partial charge in [0.15, 0.2) is 6.29 Å². The molecule has 0 spiro atoms. The molecule has 3 rings (SSSR count). The van der Waals surface area contributed by atoms with Crippen LogP contribution in [0.1, 0.15) is 5.56 Å². The van der Waals surface area contributed by atoms with E-state index in [9.17, 15) is 35.7 Å². The Morgan fingerprint density at radius 1 is 0.781 bits per heavy atom. The normalized spacial score (nSPS) is 40.1. The van der Waals surface area contributed by atoms with E-state index in [-0.39, 0.29) is 0 Å². The lowest BCUT2D eigenvalue weighted by Crippen LogP contribution is -2.62. The minimum Gasteiger partial charge on any atom is -0.462 e. The van der Waals surface area contributed by atoms with Gasteiger partial charge in [0.05, 0.1) is 13.2 Å². The van der Waals surface area contributed by atoms with Crippen molar-refractivity contribution in [2.24, 2.45) is 0 Å². The van der Waals surface area contributed by atoms with E-state index in [1.807, 2.05) is 0 Å². The van der Waals surface area contributed by atoms with Crippen molar-refractivity contribution in [3.05, 3.63) is 42.5 Å². The maximum atomic E-state index is 10.3. The summed E-state index contributed by atoms with van der Waals surface area (Å²) >= 11 is 0. The van der Waals surface area contributed by atoms with Gasteiger partial charge >= 0.3 is 0 Å². The van der Waals surface area contributed by atoms with Crippen LogP contribution in [0.25, 0.3) is 0 Å². The summed E-state index contributed by atoms with van der Waals surface area (Å²) < 4.78 is 21.8. The van der Waals surface area contributed by atoms with Crippen molar-refractivity contribution in [1.29, 1.82) is 0 Å². The Morgan fingerprint density at radius 2 is 1.34 bits per heavy atom. The maximum absolute atomic E-state index is 10.3. The number of rotatable bonds is 8. The van der Waals surface area contributed by atoms with Crippen molar-refractivity contribution >= 4 is 0 Å². The van der Waals surface area contributed by atoms with E-state index in [1.165, 1.54) is 0 Å². The average Bonchev–Trinajstić information content (AvgIpc) is 2.79. The van der Waals surface area contributed by atoms with Crippen LogP contribution in [0, 0.1) is 0 Å². The molecule has 0 amide bonds. The van der Waals surface area contributed by atoms with Crippen LogP contribution in [0.2, 0.25) is 0 Å². The SMILES string of the molecule is C=CCc1ccc(O[C@@H]2O[C@@H](CO[C@@H]3O[C@@H](CO)[C@@H](O)[C@@H](O)[C@H]3O)[C@@H](O)[C@@H](O)[C@H]2O)cc1. The van der Waals surface area contributed by atoms with Crippen LogP contribution in [-0.4, -0.2) is 110 Å².